The molecule has 5 nitrogen and oxygen atoms in total. The fraction of sp³-hybridized carbons (Fsp3) is 0.500. The van der Waals surface area contributed by atoms with Gasteiger partial charge in [-0.15, -0.1) is 0 Å². The van der Waals surface area contributed by atoms with E-state index >= 15 is 0 Å². The number of fused-ring (bicyclic) bond motifs is 1. The SMILES string of the molecule is COc1ccc2c(c1)CN(C(=O)CCN1CCC(Cc3ccccc3)CC1)C[C@@H](C)O2. The number of likely N-dealkylation sites (tertiary alicyclic amines) is 1. The summed E-state index contributed by atoms with van der Waals surface area (Å²) < 4.78 is 11.4. The quantitative estimate of drug-likeness (QED) is 0.701. The normalized spacial score (nSPS) is 19.9. The average Bonchev–Trinajstić information content (AvgIpc) is 2.96. The summed E-state index contributed by atoms with van der Waals surface area (Å²) in [6, 6.07) is 16.6. The van der Waals surface area contributed by atoms with Crippen LogP contribution in [0.4, 0.5) is 0 Å². The Morgan fingerprint density at radius 2 is 1.90 bits per heavy atom. The molecule has 0 aliphatic carbocycles. The lowest BCUT2D eigenvalue weighted by molar-refractivity contribution is -0.133. The molecule has 0 aromatic heterocycles. The van der Waals surface area contributed by atoms with Gasteiger partial charge in [0.15, 0.2) is 0 Å². The van der Waals surface area contributed by atoms with Crippen molar-refractivity contribution in [3.8, 4) is 11.5 Å². The van der Waals surface area contributed by atoms with Crippen molar-refractivity contribution in [3.63, 3.8) is 0 Å². The van der Waals surface area contributed by atoms with E-state index in [1.807, 2.05) is 30.0 Å². The Morgan fingerprint density at radius 1 is 1.13 bits per heavy atom. The van der Waals surface area contributed by atoms with Gasteiger partial charge in [0.05, 0.1) is 13.7 Å². The molecule has 166 valence electrons. The van der Waals surface area contributed by atoms with Crippen molar-refractivity contribution in [2.45, 2.75) is 45.3 Å². The van der Waals surface area contributed by atoms with Gasteiger partial charge in [-0.1, -0.05) is 30.3 Å². The van der Waals surface area contributed by atoms with Crippen molar-refractivity contribution >= 4 is 5.91 Å². The maximum atomic E-state index is 13.0. The van der Waals surface area contributed by atoms with Crippen LogP contribution in [0.25, 0.3) is 0 Å². The van der Waals surface area contributed by atoms with Crippen molar-refractivity contribution < 1.29 is 14.3 Å². The highest BCUT2D eigenvalue weighted by Crippen LogP contribution is 2.29. The predicted molar refractivity (Wildman–Crippen MR) is 122 cm³/mol. The van der Waals surface area contributed by atoms with Gasteiger partial charge in [0.2, 0.25) is 5.91 Å². The molecule has 0 radical (unpaired) electrons. The van der Waals surface area contributed by atoms with E-state index < -0.39 is 0 Å². The molecule has 2 aromatic rings. The third-order valence-corrected chi connectivity index (χ3v) is 6.50. The van der Waals surface area contributed by atoms with E-state index in [-0.39, 0.29) is 12.0 Å². The van der Waals surface area contributed by atoms with Crippen molar-refractivity contribution in [3.05, 3.63) is 59.7 Å². The van der Waals surface area contributed by atoms with Crippen LogP contribution in [0.3, 0.4) is 0 Å². The summed E-state index contributed by atoms with van der Waals surface area (Å²) in [4.78, 5) is 17.4. The predicted octanol–water partition coefficient (Wildman–Crippen LogP) is 4.15. The summed E-state index contributed by atoms with van der Waals surface area (Å²) in [6.45, 7) is 6.24. The van der Waals surface area contributed by atoms with Gasteiger partial charge < -0.3 is 19.3 Å². The monoisotopic (exact) mass is 422 g/mol. The number of piperidine rings is 1. The number of benzene rings is 2. The molecule has 2 aromatic carbocycles. The first kappa shape index (κ1) is 21.7. The van der Waals surface area contributed by atoms with Crippen LogP contribution in [0, 0.1) is 5.92 Å². The molecular formula is C26H34N2O3. The van der Waals surface area contributed by atoms with Gasteiger partial charge in [0.25, 0.3) is 0 Å². The van der Waals surface area contributed by atoms with Crippen molar-refractivity contribution in [2.75, 3.05) is 33.3 Å². The van der Waals surface area contributed by atoms with Gasteiger partial charge in [-0.25, -0.2) is 0 Å². The second-order valence-corrected chi connectivity index (χ2v) is 8.90. The first-order chi connectivity index (χ1) is 15.1. The lowest BCUT2D eigenvalue weighted by Gasteiger charge is -2.32. The zero-order chi connectivity index (χ0) is 21.6. The number of rotatable bonds is 6. The molecule has 1 fully saturated rings. The number of carbonyl (C=O) groups excluding carboxylic acids is 1. The maximum absolute atomic E-state index is 13.0. The molecule has 0 spiro atoms. The maximum Gasteiger partial charge on any atom is 0.224 e. The molecule has 31 heavy (non-hydrogen) atoms. The largest absolute Gasteiger partial charge is 0.497 e. The number of hydrogen-bond donors (Lipinski definition) is 0. The Hall–Kier alpha value is -2.53. The van der Waals surface area contributed by atoms with Gasteiger partial charge in [-0.05, 0) is 69.0 Å². The molecule has 0 unspecified atom stereocenters. The van der Waals surface area contributed by atoms with Gasteiger partial charge in [-0.2, -0.15) is 0 Å². The molecule has 0 bridgehead atoms. The van der Waals surface area contributed by atoms with E-state index in [1.54, 1.807) is 7.11 Å². The Balaban J connectivity index is 1.26. The molecule has 4 rings (SSSR count). The van der Waals surface area contributed by atoms with E-state index in [0.717, 1.165) is 42.6 Å². The number of carbonyl (C=O) groups is 1. The molecule has 2 aliphatic heterocycles. The summed E-state index contributed by atoms with van der Waals surface area (Å²) in [5.41, 5.74) is 2.45. The minimum Gasteiger partial charge on any atom is -0.497 e. The number of nitrogens with zero attached hydrogens (tertiary/aromatic N) is 2. The Bertz CT molecular complexity index is 862. The van der Waals surface area contributed by atoms with Crippen LogP contribution in [-0.4, -0.2) is 55.1 Å². The minimum atomic E-state index is -0.0210. The highest BCUT2D eigenvalue weighted by molar-refractivity contribution is 5.76. The third-order valence-electron chi connectivity index (χ3n) is 6.50. The van der Waals surface area contributed by atoms with Gasteiger partial charge >= 0.3 is 0 Å². The van der Waals surface area contributed by atoms with E-state index in [4.69, 9.17) is 9.47 Å². The molecule has 0 saturated carbocycles. The molecule has 1 amide bonds. The van der Waals surface area contributed by atoms with E-state index in [1.165, 1.54) is 24.8 Å². The Labute approximate surface area is 185 Å². The summed E-state index contributed by atoms with van der Waals surface area (Å²) in [7, 11) is 1.66. The number of hydrogen-bond acceptors (Lipinski definition) is 4. The van der Waals surface area contributed by atoms with Crippen LogP contribution in [0.15, 0.2) is 48.5 Å². The van der Waals surface area contributed by atoms with Crippen molar-refractivity contribution in [1.29, 1.82) is 0 Å². The number of methoxy groups -OCH3 is 1. The van der Waals surface area contributed by atoms with Gasteiger partial charge in [0.1, 0.15) is 17.6 Å². The van der Waals surface area contributed by atoms with Crippen molar-refractivity contribution in [1.82, 2.24) is 9.80 Å². The lowest BCUT2D eigenvalue weighted by atomic mass is 9.90. The highest BCUT2D eigenvalue weighted by atomic mass is 16.5. The van der Waals surface area contributed by atoms with Crippen LogP contribution in [-0.2, 0) is 17.8 Å². The Morgan fingerprint density at radius 3 is 2.65 bits per heavy atom. The third kappa shape index (κ3) is 5.79. The molecule has 1 saturated heterocycles. The van der Waals surface area contributed by atoms with E-state index in [2.05, 4.69) is 35.2 Å². The zero-order valence-corrected chi connectivity index (χ0v) is 18.8. The average molecular weight is 423 g/mol. The fourth-order valence-electron chi connectivity index (χ4n) is 4.72. The summed E-state index contributed by atoms with van der Waals surface area (Å²) >= 11 is 0. The summed E-state index contributed by atoms with van der Waals surface area (Å²) in [6.07, 6.45) is 4.14. The first-order valence-electron chi connectivity index (χ1n) is 11.5. The topological polar surface area (TPSA) is 42.0 Å². The Kier molecular flexibility index (Phi) is 7.13. The van der Waals surface area contributed by atoms with Crippen LogP contribution in [0.2, 0.25) is 0 Å². The van der Waals surface area contributed by atoms with Crippen LogP contribution in [0.5, 0.6) is 11.5 Å². The highest BCUT2D eigenvalue weighted by Gasteiger charge is 2.25. The first-order valence-corrected chi connectivity index (χ1v) is 11.5. The summed E-state index contributed by atoms with van der Waals surface area (Å²) in [5, 5.41) is 0. The van der Waals surface area contributed by atoms with Crippen molar-refractivity contribution in [2.24, 2.45) is 5.92 Å². The molecular weight excluding hydrogens is 388 g/mol. The number of amides is 1. The molecule has 2 heterocycles. The minimum absolute atomic E-state index is 0.0210. The van der Waals surface area contributed by atoms with Crippen LogP contribution >= 0.6 is 0 Å². The van der Waals surface area contributed by atoms with Gasteiger partial charge in [-0.3, -0.25) is 4.79 Å². The molecule has 5 heteroatoms. The van der Waals surface area contributed by atoms with E-state index in [0.29, 0.717) is 19.5 Å². The zero-order valence-electron chi connectivity index (χ0n) is 18.8. The van der Waals surface area contributed by atoms with Crippen LogP contribution < -0.4 is 9.47 Å². The fourth-order valence-corrected chi connectivity index (χ4v) is 4.72. The second-order valence-electron chi connectivity index (χ2n) is 8.90. The lowest BCUT2D eigenvalue weighted by Crippen LogP contribution is -2.40. The standard InChI is InChI=1S/C26H34N2O3/c1-20-18-28(19-23-17-24(30-2)8-9-25(23)31-20)26(29)12-15-27-13-10-22(11-14-27)16-21-6-4-3-5-7-21/h3-9,17,20,22H,10-16,18-19H2,1-2H3/t20-/m1/s1. The second kappa shape index (κ2) is 10.2. The smallest absolute Gasteiger partial charge is 0.224 e. The van der Waals surface area contributed by atoms with Gasteiger partial charge in [0, 0.05) is 25.1 Å². The molecule has 1 atom stereocenters. The summed E-state index contributed by atoms with van der Waals surface area (Å²) in [5.74, 6) is 2.61. The van der Waals surface area contributed by atoms with Crippen LogP contribution in [0.1, 0.15) is 37.3 Å². The molecule has 2 aliphatic rings. The molecule has 0 N–H and O–H groups in total. The number of ether oxygens (including phenoxy) is 2. The van der Waals surface area contributed by atoms with E-state index in [9.17, 15) is 4.79 Å².